The second-order valence-electron chi connectivity index (χ2n) is 6.67. The van der Waals surface area contributed by atoms with Gasteiger partial charge in [-0.05, 0) is 79.8 Å². The normalized spacial score (nSPS) is 10.2. The molecular weight excluding hydrogens is 402 g/mol. The van der Waals surface area contributed by atoms with Gasteiger partial charge in [0.1, 0.15) is 17.2 Å². The zero-order valence-electron chi connectivity index (χ0n) is 17.3. The number of hydrogen-bond donors (Lipinski definition) is 2. The van der Waals surface area contributed by atoms with Crippen molar-refractivity contribution in [3.63, 3.8) is 0 Å². The minimum atomic E-state index is -1.00. The molecule has 0 saturated carbocycles. The zero-order chi connectivity index (χ0) is 21.9. The van der Waals surface area contributed by atoms with Crippen LogP contribution in [0, 0.1) is 6.92 Å². The topological polar surface area (TPSA) is 77.0 Å². The Labute approximate surface area is 182 Å². The molecule has 0 atom stereocenters. The number of carbonyl (C=O) groups is 1. The number of nitrogens with one attached hydrogen (secondary N) is 1. The first-order valence-electron chi connectivity index (χ1n) is 9.60. The van der Waals surface area contributed by atoms with Crippen molar-refractivity contribution in [3.05, 3.63) is 60.2 Å². The predicted octanol–water partition coefficient (Wildman–Crippen LogP) is 4.60. The SMILES string of the molecule is C=C(NC(=S)CCCCOc1ccc(OCC(=O)O)c(C)c1)c1ccc(OC)cc1. The number of ether oxygens (including phenoxy) is 3. The van der Waals surface area contributed by atoms with E-state index < -0.39 is 5.97 Å². The molecule has 0 saturated heterocycles. The quantitative estimate of drug-likeness (QED) is 0.377. The predicted molar refractivity (Wildman–Crippen MR) is 121 cm³/mol. The van der Waals surface area contributed by atoms with Crippen molar-refractivity contribution < 1.29 is 24.1 Å². The van der Waals surface area contributed by atoms with Gasteiger partial charge in [-0.3, -0.25) is 0 Å². The van der Waals surface area contributed by atoms with Gasteiger partial charge in [-0.2, -0.15) is 0 Å². The number of carboxylic acid groups (broad SMARTS) is 1. The van der Waals surface area contributed by atoms with E-state index in [1.54, 1.807) is 19.2 Å². The van der Waals surface area contributed by atoms with Crippen molar-refractivity contribution in [2.24, 2.45) is 0 Å². The third-order valence-electron chi connectivity index (χ3n) is 4.29. The molecular formula is C23H27NO5S. The number of rotatable bonds is 12. The molecule has 30 heavy (non-hydrogen) atoms. The summed E-state index contributed by atoms with van der Waals surface area (Å²) in [5.41, 5.74) is 2.56. The van der Waals surface area contributed by atoms with Crippen LogP contribution in [0.4, 0.5) is 0 Å². The molecule has 0 aliphatic heterocycles. The number of unbranched alkanes of at least 4 members (excludes halogenated alkanes) is 1. The number of thiocarbonyl (C=S) groups is 1. The van der Waals surface area contributed by atoms with Crippen LogP contribution in [0.25, 0.3) is 5.70 Å². The minimum Gasteiger partial charge on any atom is -0.497 e. The summed E-state index contributed by atoms with van der Waals surface area (Å²) in [5, 5.41) is 11.9. The molecule has 2 rings (SSSR count). The Morgan fingerprint density at radius 3 is 2.43 bits per heavy atom. The first kappa shape index (κ1) is 23.2. The lowest BCUT2D eigenvalue weighted by molar-refractivity contribution is -0.139. The van der Waals surface area contributed by atoms with E-state index in [0.717, 1.165) is 52.6 Å². The monoisotopic (exact) mass is 429 g/mol. The molecule has 0 amide bonds. The van der Waals surface area contributed by atoms with Gasteiger partial charge in [0, 0.05) is 5.70 Å². The summed E-state index contributed by atoms with van der Waals surface area (Å²) in [5.74, 6) is 1.06. The molecule has 2 aromatic carbocycles. The Morgan fingerprint density at radius 2 is 1.80 bits per heavy atom. The Kier molecular flexibility index (Phi) is 9.15. The summed E-state index contributed by atoms with van der Waals surface area (Å²) in [6.07, 6.45) is 2.49. The molecule has 2 N–H and O–H groups in total. The fraction of sp³-hybridized carbons (Fsp3) is 0.304. The van der Waals surface area contributed by atoms with Gasteiger partial charge in [0.25, 0.3) is 0 Å². The van der Waals surface area contributed by atoms with Crippen LogP contribution in [-0.4, -0.2) is 36.4 Å². The summed E-state index contributed by atoms with van der Waals surface area (Å²) in [6, 6.07) is 13.0. The van der Waals surface area contributed by atoms with E-state index in [4.69, 9.17) is 31.5 Å². The minimum absolute atomic E-state index is 0.361. The van der Waals surface area contributed by atoms with Crippen LogP contribution in [0.3, 0.4) is 0 Å². The van der Waals surface area contributed by atoms with E-state index >= 15 is 0 Å². The van der Waals surface area contributed by atoms with Gasteiger partial charge in [0.2, 0.25) is 0 Å². The second-order valence-corrected chi connectivity index (χ2v) is 7.16. The second kappa shape index (κ2) is 11.8. The van der Waals surface area contributed by atoms with Gasteiger partial charge in [-0.1, -0.05) is 18.8 Å². The molecule has 0 aromatic heterocycles. The first-order valence-corrected chi connectivity index (χ1v) is 10.0. The molecule has 0 bridgehead atoms. The van der Waals surface area contributed by atoms with Crippen molar-refractivity contribution in [3.8, 4) is 17.2 Å². The fourth-order valence-electron chi connectivity index (χ4n) is 2.69. The van der Waals surface area contributed by atoms with Gasteiger partial charge in [0.05, 0.1) is 18.7 Å². The van der Waals surface area contributed by atoms with Gasteiger partial charge >= 0.3 is 5.97 Å². The number of benzene rings is 2. The van der Waals surface area contributed by atoms with E-state index in [1.165, 1.54) is 0 Å². The van der Waals surface area contributed by atoms with Crippen molar-refractivity contribution in [1.29, 1.82) is 0 Å². The van der Waals surface area contributed by atoms with E-state index in [2.05, 4.69) is 11.9 Å². The summed E-state index contributed by atoms with van der Waals surface area (Å²) < 4.78 is 16.1. The maximum Gasteiger partial charge on any atom is 0.341 e. The van der Waals surface area contributed by atoms with Crippen LogP contribution in [-0.2, 0) is 4.79 Å². The summed E-state index contributed by atoms with van der Waals surface area (Å²) in [6.45, 7) is 6.09. The highest BCUT2D eigenvalue weighted by atomic mass is 32.1. The van der Waals surface area contributed by atoms with Crippen LogP contribution in [0.5, 0.6) is 17.2 Å². The number of methoxy groups -OCH3 is 1. The molecule has 0 spiro atoms. The van der Waals surface area contributed by atoms with E-state index in [1.807, 2.05) is 37.3 Å². The molecule has 0 heterocycles. The Bertz CT molecular complexity index is 880. The van der Waals surface area contributed by atoms with Gasteiger partial charge in [-0.15, -0.1) is 0 Å². The number of carboxylic acids is 1. The van der Waals surface area contributed by atoms with Crippen molar-refractivity contribution in [2.75, 3.05) is 20.3 Å². The van der Waals surface area contributed by atoms with E-state index in [9.17, 15) is 4.79 Å². The average Bonchev–Trinajstić information content (AvgIpc) is 2.72. The molecule has 0 unspecified atom stereocenters. The molecule has 0 fully saturated rings. The lowest BCUT2D eigenvalue weighted by Crippen LogP contribution is -2.19. The number of hydrogen-bond acceptors (Lipinski definition) is 5. The summed E-state index contributed by atoms with van der Waals surface area (Å²) in [4.78, 5) is 11.3. The smallest absolute Gasteiger partial charge is 0.341 e. The van der Waals surface area contributed by atoms with Crippen LogP contribution in [0.1, 0.15) is 30.4 Å². The molecule has 160 valence electrons. The molecule has 2 aromatic rings. The average molecular weight is 430 g/mol. The highest BCUT2D eigenvalue weighted by Crippen LogP contribution is 2.23. The molecule has 7 heteroatoms. The van der Waals surface area contributed by atoms with E-state index in [-0.39, 0.29) is 6.61 Å². The summed E-state index contributed by atoms with van der Waals surface area (Å²) >= 11 is 5.40. The van der Waals surface area contributed by atoms with Crippen LogP contribution in [0.2, 0.25) is 0 Å². The molecule has 0 radical (unpaired) electrons. The first-order chi connectivity index (χ1) is 14.4. The zero-order valence-corrected chi connectivity index (χ0v) is 18.1. The van der Waals surface area contributed by atoms with Crippen molar-refractivity contribution >= 4 is 28.9 Å². The number of aliphatic carboxylic acids is 1. The van der Waals surface area contributed by atoms with Crippen LogP contribution >= 0.6 is 12.2 Å². The van der Waals surface area contributed by atoms with E-state index in [0.29, 0.717) is 12.4 Å². The standard InChI is InChI=1S/C23H27NO5S/c1-16-14-20(11-12-21(16)29-15-23(25)26)28-13-5-4-6-22(30)24-17(2)18-7-9-19(27-3)10-8-18/h7-12,14H,2,4-6,13,15H2,1,3H3,(H,24,30)(H,25,26). The molecule has 6 nitrogen and oxygen atoms in total. The Balaban J connectivity index is 1.67. The van der Waals surface area contributed by atoms with Crippen LogP contribution in [0.15, 0.2) is 49.0 Å². The largest absolute Gasteiger partial charge is 0.497 e. The molecule has 0 aliphatic carbocycles. The maximum atomic E-state index is 10.6. The van der Waals surface area contributed by atoms with Crippen LogP contribution < -0.4 is 19.5 Å². The number of aryl methyl sites for hydroxylation is 1. The lowest BCUT2D eigenvalue weighted by Gasteiger charge is -2.12. The van der Waals surface area contributed by atoms with Gasteiger partial charge < -0.3 is 24.6 Å². The third-order valence-corrected chi connectivity index (χ3v) is 4.60. The summed E-state index contributed by atoms with van der Waals surface area (Å²) in [7, 11) is 1.63. The highest BCUT2D eigenvalue weighted by Gasteiger charge is 2.06. The van der Waals surface area contributed by atoms with Gasteiger partial charge in [0.15, 0.2) is 6.61 Å². The Morgan fingerprint density at radius 1 is 1.10 bits per heavy atom. The van der Waals surface area contributed by atoms with Crippen molar-refractivity contribution in [2.45, 2.75) is 26.2 Å². The fourth-order valence-corrected chi connectivity index (χ4v) is 2.95. The third kappa shape index (κ3) is 7.75. The highest BCUT2D eigenvalue weighted by molar-refractivity contribution is 7.80. The molecule has 0 aliphatic rings. The van der Waals surface area contributed by atoms with Gasteiger partial charge in [-0.25, -0.2) is 4.79 Å². The Hall–Kier alpha value is -3.06. The lowest BCUT2D eigenvalue weighted by atomic mass is 10.1. The maximum absolute atomic E-state index is 10.6. The van der Waals surface area contributed by atoms with Crippen molar-refractivity contribution in [1.82, 2.24) is 5.32 Å².